The zero-order valence-electron chi connectivity index (χ0n) is 26.2. The Labute approximate surface area is 241 Å². The molecule has 1 N–H and O–H groups in total. The van der Waals surface area contributed by atoms with E-state index >= 15 is 0 Å². The number of carbonyl (C=O) groups is 1. The van der Waals surface area contributed by atoms with Crippen LogP contribution < -0.4 is 10.2 Å². The van der Waals surface area contributed by atoms with Gasteiger partial charge in [-0.3, -0.25) is 4.57 Å². The number of nitrogens with one attached hydrogen (secondary N) is 1. The van der Waals surface area contributed by atoms with Crippen LogP contribution in [0.3, 0.4) is 0 Å². The van der Waals surface area contributed by atoms with E-state index in [1.807, 2.05) is 21.1 Å². The highest BCUT2D eigenvalue weighted by Gasteiger charge is 2.18. The number of hydrogen-bond acceptors (Lipinski definition) is 6. The number of ether oxygens (including phenoxy) is 1. The zero-order chi connectivity index (χ0) is 29.2. The summed E-state index contributed by atoms with van der Waals surface area (Å²) in [6.45, 7) is 2.98. The van der Waals surface area contributed by atoms with Crippen molar-refractivity contribution in [1.82, 2.24) is 5.32 Å². The van der Waals surface area contributed by atoms with Gasteiger partial charge in [0, 0.05) is 13.0 Å². The van der Waals surface area contributed by atoms with Gasteiger partial charge in [-0.05, 0) is 6.42 Å². The van der Waals surface area contributed by atoms with Crippen molar-refractivity contribution in [2.24, 2.45) is 5.92 Å². The van der Waals surface area contributed by atoms with E-state index in [0.717, 1.165) is 19.3 Å². The Morgan fingerprint density at radius 2 is 1.18 bits per heavy atom. The number of nitrogens with zero attached hydrogens (tertiary/aromatic N) is 1. The van der Waals surface area contributed by atoms with Gasteiger partial charge < -0.3 is 28.5 Å². The molecule has 0 aliphatic carbocycles. The molecule has 0 bridgehead atoms. The minimum Gasteiger partial charge on any atom is -0.756 e. The van der Waals surface area contributed by atoms with Gasteiger partial charge in [0.05, 0.1) is 34.4 Å². The summed E-state index contributed by atoms with van der Waals surface area (Å²) in [5.74, 6) is -0.187. The lowest BCUT2D eigenvalue weighted by atomic mass is 10.0. The van der Waals surface area contributed by atoms with Gasteiger partial charge in [0.25, 0.3) is 7.82 Å². The second kappa shape index (κ2) is 25.1. The number of phosphoric acid groups is 1. The molecule has 0 saturated carbocycles. The highest BCUT2D eigenvalue weighted by molar-refractivity contribution is 7.45. The van der Waals surface area contributed by atoms with E-state index in [1.165, 1.54) is 110 Å². The minimum atomic E-state index is -4.38. The van der Waals surface area contributed by atoms with E-state index in [0.29, 0.717) is 11.0 Å². The first-order chi connectivity index (χ1) is 18.6. The summed E-state index contributed by atoms with van der Waals surface area (Å²) in [5, 5.41) is 2.42. The molecular weight excluding hydrogens is 515 g/mol. The molecule has 1 amide bonds. The summed E-state index contributed by atoms with van der Waals surface area (Å²) in [6, 6.07) is 0. The molecule has 8 nitrogen and oxygen atoms in total. The van der Waals surface area contributed by atoms with Crippen molar-refractivity contribution in [3.63, 3.8) is 0 Å². The molecule has 0 aliphatic rings. The highest BCUT2D eigenvalue weighted by atomic mass is 31.2. The normalized spacial score (nSPS) is 14.2. The molecule has 0 radical (unpaired) electrons. The molecule has 234 valence electrons. The quantitative estimate of drug-likeness (QED) is 0.0583. The Morgan fingerprint density at radius 1 is 0.744 bits per heavy atom. The number of carbonyl (C=O) groups excluding carboxylic acids is 1. The molecule has 0 fully saturated rings. The fourth-order valence-electron chi connectivity index (χ4n) is 4.48. The van der Waals surface area contributed by atoms with Crippen LogP contribution in [0.2, 0.25) is 0 Å². The maximum Gasteiger partial charge on any atom is 0.406 e. The van der Waals surface area contributed by atoms with E-state index in [4.69, 9.17) is 13.8 Å². The second-order valence-electron chi connectivity index (χ2n) is 12.1. The minimum absolute atomic E-state index is 0.0406. The smallest absolute Gasteiger partial charge is 0.406 e. The lowest BCUT2D eigenvalue weighted by Crippen LogP contribution is -2.37. The van der Waals surface area contributed by atoms with Gasteiger partial charge in [-0.2, -0.15) is 0 Å². The van der Waals surface area contributed by atoms with Gasteiger partial charge in [-0.25, -0.2) is 4.79 Å². The molecular formula is C30H63N2O6P. The molecule has 39 heavy (non-hydrogen) atoms. The summed E-state index contributed by atoms with van der Waals surface area (Å²) in [7, 11) is 3.01. The molecule has 0 aromatic rings. The van der Waals surface area contributed by atoms with E-state index < -0.39 is 13.9 Å². The van der Waals surface area contributed by atoms with Crippen molar-refractivity contribution < 1.29 is 32.5 Å². The number of quaternary nitrogens is 1. The number of likely N-dealkylation sites (N-methyl/N-ethyl adjacent to an activating group) is 1. The van der Waals surface area contributed by atoms with Crippen LogP contribution in [0.1, 0.15) is 129 Å². The maximum atomic E-state index is 12.1. The molecule has 9 heteroatoms. The second-order valence-corrected chi connectivity index (χ2v) is 13.5. The number of rotatable bonds is 28. The van der Waals surface area contributed by atoms with Gasteiger partial charge in [0.1, 0.15) is 13.2 Å². The molecule has 0 spiro atoms. The van der Waals surface area contributed by atoms with E-state index in [1.54, 1.807) is 0 Å². The lowest BCUT2D eigenvalue weighted by molar-refractivity contribution is -0.870. The Morgan fingerprint density at radius 3 is 1.59 bits per heavy atom. The van der Waals surface area contributed by atoms with Crippen LogP contribution >= 0.6 is 7.82 Å². The van der Waals surface area contributed by atoms with Gasteiger partial charge in [-0.1, -0.05) is 122 Å². The molecule has 0 rings (SSSR count). The molecule has 2 unspecified atom stereocenters. The number of phosphoric ester groups is 1. The molecule has 0 aliphatic heterocycles. The fraction of sp³-hybridized carbons (Fsp3) is 0.967. The summed E-state index contributed by atoms with van der Waals surface area (Å²) < 4.78 is 28.0. The Hall–Kier alpha value is -0.660. The predicted octanol–water partition coefficient (Wildman–Crippen LogP) is 7.60. The van der Waals surface area contributed by atoms with Crippen molar-refractivity contribution >= 4 is 13.9 Å². The fourth-order valence-corrected chi connectivity index (χ4v) is 5.25. The summed E-state index contributed by atoms with van der Waals surface area (Å²) >= 11 is 0. The average Bonchev–Trinajstić information content (AvgIpc) is 2.87. The number of alkyl carbamates (subject to hydrolysis) is 1. The first-order valence-corrected chi connectivity index (χ1v) is 17.3. The van der Waals surface area contributed by atoms with Crippen LogP contribution in [-0.4, -0.2) is 65.1 Å². The van der Waals surface area contributed by atoms with Crippen LogP contribution in [0.4, 0.5) is 4.79 Å². The van der Waals surface area contributed by atoms with Crippen LogP contribution in [0, 0.1) is 5.92 Å². The van der Waals surface area contributed by atoms with Gasteiger partial charge in [0.2, 0.25) is 0 Å². The molecule has 2 atom stereocenters. The monoisotopic (exact) mass is 578 g/mol. The van der Waals surface area contributed by atoms with Crippen LogP contribution in [0.25, 0.3) is 0 Å². The average molecular weight is 579 g/mol. The topological polar surface area (TPSA) is 96.9 Å². The molecule has 0 aromatic carbocycles. The largest absolute Gasteiger partial charge is 0.756 e. The van der Waals surface area contributed by atoms with E-state index in [-0.39, 0.29) is 25.7 Å². The van der Waals surface area contributed by atoms with E-state index in [9.17, 15) is 14.3 Å². The summed E-state index contributed by atoms with van der Waals surface area (Å²) in [6.07, 6.45) is 24.0. The van der Waals surface area contributed by atoms with Crippen molar-refractivity contribution in [2.75, 3.05) is 54.6 Å². The highest BCUT2D eigenvalue weighted by Crippen LogP contribution is 2.39. The number of unbranched alkanes of at least 4 members (excludes halogenated alkanes) is 17. The third kappa shape index (κ3) is 28.7. The molecule has 0 saturated heterocycles. The van der Waals surface area contributed by atoms with Gasteiger partial charge in [0.15, 0.2) is 0 Å². The standard InChI is InChI=1S/C30H63N2O6P/c1-6-7-8-9-10-11-12-13-14-15-16-17-18-19-20-21-22-23-24-29(27-36-30(33)31-2)28-38-39(34,35)37-26-25-32(3,4)5/h29H,6-28H2,1-5H3,(H-,31,33,34,35). The third-order valence-electron chi connectivity index (χ3n) is 7.10. The Balaban J connectivity index is 3.87. The van der Waals surface area contributed by atoms with Crippen molar-refractivity contribution in [2.45, 2.75) is 129 Å². The predicted molar refractivity (Wildman–Crippen MR) is 160 cm³/mol. The Bertz CT molecular complexity index is 615. The van der Waals surface area contributed by atoms with Crippen molar-refractivity contribution in [3.05, 3.63) is 0 Å². The summed E-state index contributed by atoms with van der Waals surface area (Å²) in [5.41, 5.74) is 0. The van der Waals surface area contributed by atoms with E-state index in [2.05, 4.69) is 12.2 Å². The van der Waals surface area contributed by atoms with Gasteiger partial charge in [-0.15, -0.1) is 0 Å². The lowest BCUT2D eigenvalue weighted by Gasteiger charge is -2.28. The Kier molecular flexibility index (Phi) is 24.7. The first kappa shape index (κ1) is 38.3. The van der Waals surface area contributed by atoms with Crippen LogP contribution in [0.15, 0.2) is 0 Å². The van der Waals surface area contributed by atoms with Crippen LogP contribution in [0.5, 0.6) is 0 Å². The van der Waals surface area contributed by atoms with Crippen molar-refractivity contribution in [3.8, 4) is 0 Å². The molecule has 0 aromatic heterocycles. The summed E-state index contributed by atoms with van der Waals surface area (Å²) in [4.78, 5) is 23.6. The number of hydrogen-bond donors (Lipinski definition) is 1. The zero-order valence-corrected chi connectivity index (χ0v) is 27.1. The molecule has 0 heterocycles. The van der Waals surface area contributed by atoms with Crippen LogP contribution in [-0.2, 0) is 18.3 Å². The van der Waals surface area contributed by atoms with Gasteiger partial charge >= 0.3 is 6.09 Å². The number of amides is 1. The van der Waals surface area contributed by atoms with Crippen molar-refractivity contribution in [1.29, 1.82) is 0 Å². The maximum absolute atomic E-state index is 12.1. The SMILES string of the molecule is CCCCCCCCCCCCCCCCCCCCC(COC(=O)NC)COP(=O)([O-])OCC[N+](C)(C)C. The third-order valence-corrected chi connectivity index (χ3v) is 8.06. The first-order valence-electron chi connectivity index (χ1n) is 15.8.